The third-order valence-electron chi connectivity index (χ3n) is 12.4. The summed E-state index contributed by atoms with van der Waals surface area (Å²) in [6.45, 7) is 0. The number of para-hydroxylation sites is 2. The molecule has 0 amide bonds. The molecule has 0 bridgehead atoms. The smallest absolute Gasteiger partial charge is 0.136 e. The lowest BCUT2D eigenvalue weighted by Crippen LogP contribution is -2.10. The van der Waals surface area contributed by atoms with Crippen LogP contribution in [0, 0.1) is 0 Å². The Morgan fingerprint density at radius 1 is 0.377 bits per heavy atom. The lowest BCUT2D eigenvalue weighted by atomic mass is 9.91. The standard InChI is InChI=1S/C58H39NO2/c1-3-12-38(13-4-1)39-22-28-44(29-23-39)59(45-30-24-41(25-31-45)48-18-11-21-55-57(48)50-16-7-9-19-53(50)60-55)46-32-34-47(52(37-46)40-14-5-2-6-15-40)42-26-33-49-43(36-42)27-35-56-58(49)51-17-8-10-20-54(51)61-56/h1-3,5-12,14-37H,4,13H2. The molecule has 0 saturated carbocycles. The highest BCUT2D eigenvalue weighted by Gasteiger charge is 2.19. The van der Waals surface area contributed by atoms with Crippen molar-refractivity contribution in [3.63, 3.8) is 0 Å². The van der Waals surface area contributed by atoms with Crippen molar-refractivity contribution in [3.8, 4) is 33.4 Å². The number of benzene rings is 9. The van der Waals surface area contributed by atoms with E-state index in [0.717, 1.165) is 84.9 Å². The van der Waals surface area contributed by atoms with Crippen LogP contribution in [-0.4, -0.2) is 0 Å². The average Bonchev–Trinajstić information content (AvgIpc) is 3.92. The predicted octanol–water partition coefficient (Wildman–Crippen LogP) is 16.8. The van der Waals surface area contributed by atoms with Crippen molar-refractivity contribution < 1.29 is 8.83 Å². The van der Waals surface area contributed by atoms with Crippen molar-refractivity contribution in [1.29, 1.82) is 0 Å². The van der Waals surface area contributed by atoms with Crippen LogP contribution < -0.4 is 4.90 Å². The summed E-state index contributed by atoms with van der Waals surface area (Å²) in [7, 11) is 0. The zero-order chi connectivity index (χ0) is 40.3. The lowest BCUT2D eigenvalue weighted by Gasteiger charge is -2.27. The van der Waals surface area contributed by atoms with Crippen LogP contribution in [0.5, 0.6) is 0 Å². The summed E-state index contributed by atoms with van der Waals surface area (Å²) in [5, 5.41) is 6.96. The first kappa shape index (κ1) is 35.1. The summed E-state index contributed by atoms with van der Waals surface area (Å²) in [4.78, 5) is 2.38. The van der Waals surface area contributed by atoms with Gasteiger partial charge < -0.3 is 13.7 Å². The van der Waals surface area contributed by atoms with Crippen molar-refractivity contribution in [2.24, 2.45) is 0 Å². The summed E-state index contributed by atoms with van der Waals surface area (Å²) in [5.74, 6) is 0. The summed E-state index contributed by atoms with van der Waals surface area (Å²) in [5.41, 5.74) is 16.5. The Morgan fingerprint density at radius 3 is 1.74 bits per heavy atom. The van der Waals surface area contributed by atoms with Crippen molar-refractivity contribution in [1.82, 2.24) is 0 Å². The Morgan fingerprint density at radius 2 is 1.00 bits per heavy atom. The molecule has 11 aromatic rings. The molecule has 0 fully saturated rings. The molecule has 288 valence electrons. The van der Waals surface area contributed by atoms with Crippen LogP contribution in [0.3, 0.4) is 0 Å². The fraction of sp³-hybridized carbons (Fsp3) is 0.0345. The van der Waals surface area contributed by atoms with E-state index in [1.165, 1.54) is 44.2 Å². The van der Waals surface area contributed by atoms with Gasteiger partial charge in [-0.2, -0.15) is 0 Å². The topological polar surface area (TPSA) is 29.5 Å². The third kappa shape index (κ3) is 6.05. The first-order valence-electron chi connectivity index (χ1n) is 21.0. The van der Waals surface area contributed by atoms with Gasteiger partial charge in [-0.05, 0) is 135 Å². The molecule has 1 aliphatic rings. The Balaban J connectivity index is 1.000. The molecule has 0 aliphatic heterocycles. The van der Waals surface area contributed by atoms with Gasteiger partial charge in [0, 0.05) is 38.6 Å². The van der Waals surface area contributed by atoms with Crippen LogP contribution in [0.1, 0.15) is 18.4 Å². The van der Waals surface area contributed by atoms with E-state index >= 15 is 0 Å². The summed E-state index contributed by atoms with van der Waals surface area (Å²) in [6, 6.07) is 69.8. The molecule has 0 radical (unpaired) electrons. The van der Waals surface area contributed by atoms with Crippen LogP contribution in [0.4, 0.5) is 17.1 Å². The quantitative estimate of drug-likeness (QED) is 0.161. The average molecular weight is 782 g/mol. The highest BCUT2D eigenvalue weighted by molar-refractivity contribution is 6.19. The van der Waals surface area contributed by atoms with E-state index in [0.29, 0.717) is 0 Å². The third-order valence-corrected chi connectivity index (χ3v) is 12.4. The van der Waals surface area contributed by atoms with E-state index in [1.54, 1.807) is 0 Å². The molecule has 3 heteroatoms. The number of hydrogen-bond donors (Lipinski definition) is 0. The number of rotatable bonds is 7. The van der Waals surface area contributed by atoms with Gasteiger partial charge in [-0.15, -0.1) is 0 Å². The molecular weight excluding hydrogens is 743 g/mol. The number of anilines is 3. The molecule has 0 atom stereocenters. The molecule has 2 heterocycles. The van der Waals surface area contributed by atoms with E-state index < -0.39 is 0 Å². The molecular formula is C58H39NO2. The van der Waals surface area contributed by atoms with Gasteiger partial charge in [-0.3, -0.25) is 0 Å². The summed E-state index contributed by atoms with van der Waals surface area (Å²) in [6.07, 6.45) is 8.79. The van der Waals surface area contributed by atoms with Gasteiger partial charge in [-0.1, -0.05) is 146 Å². The highest BCUT2D eigenvalue weighted by Crippen LogP contribution is 2.44. The van der Waals surface area contributed by atoms with Crippen molar-refractivity contribution in [3.05, 3.63) is 218 Å². The van der Waals surface area contributed by atoms with Gasteiger partial charge in [0.15, 0.2) is 0 Å². The molecule has 9 aromatic carbocycles. The Bertz CT molecular complexity index is 3510. The van der Waals surface area contributed by atoms with Crippen molar-refractivity contribution >= 4 is 77.3 Å². The minimum absolute atomic E-state index is 0.899. The number of allylic oxidation sites excluding steroid dienone is 4. The van der Waals surface area contributed by atoms with Crippen molar-refractivity contribution in [2.75, 3.05) is 4.90 Å². The maximum absolute atomic E-state index is 6.27. The van der Waals surface area contributed by atoms with Gasteiger partial charge in [0.1, 0.15) is 22.3 Å². The Labute approximate surface area is 353 Å². The molecule has 0 spiro atoms. The first-order chi connectivity index (χ1) is 30.2. The van der Waals surface area contributed by atoms with E-state index in [2.05, 4.69) is 193 Å². The first-order valence-corrected chi connectivity index (χ1v) is 21.0. The molecule has 0 saturated heterocycles. The number of fused-ring (bicyclic) bond motifs is 8. The largest absolute Gasteiger partial charge is 0.456 e. The lowest BCUT2D eigenvalue weighted by molar-refractivity contribution is 0.668. The second-order valence-electron chi connectivity index (χ2n) is 15.9. The SMILES string of the molecule is C1=CCCC(c2ccc(N(c3ccc(-c4cccc5oc6ccccc6c45)cc3)c3ccc(-c4ccc5c(ccc6oc7ccccc7c65)c4)c(-c4ccccc4)c3)cc2)=C1. The van der Waals surface area contributed by atoms with Crippen LogP contribution >= 0.6 is 0 Å². The second kappa shape index (κ2) is 14.4. The molecule has 61 heavy (non-hydrogen) atoms. The Kier molecular flexibility index (Phi) is 8.31. The fourth-order valence-corrected chi connectivity index (χ4v) is 9.42. The van der Waals surface area contributed by atoms with E-state index in [4.69, 9.17) is 8.83 Å². The maximum atomic E-state index is 6.27. The Hall–Kier alpha value is -7.88. The van der Waals surface area contributed by atoms with Gasteiger partial charge in [0.2, 0.25) is 0 Å². The van der Waals surface area contributed by atoms with Crippen LogP contribution in [0.15, 0.2) is 221 Å². The molecule has 0 N–H and O–H groups in total. The van der Waals surface area contributed by atoms with E-state index in [9.17, 15) is 0 Å². The number of hydrogen-bond acceptors (Lipinski definition) is 3. The van der Waals surface area contributed by atoms with Crippen LogP contribution in [-0.2, 0) is 0 Å². The highest BCUT2D eigenvalue weighted by atomic mass is 16.3. The van der Waals surface area contributed by atoms with E-state index in [1.807, 2.05) is 24.3 Å². The molecule has 1 aliphatic carbocycles. The number of nitrogens with zero attached hydrogens (tertiary/aromatic N) is 1. The fourth-order valence-electron chi connectivity index (χ4n) is 9.42. The second-order valence-corrected chi connectivity index (χ2v) is 15.9. The van der Waals surface area contributed by atoms with Crippen LogP contribution in [0.25, 0.3) is 93.6 Å². The number of furan rings is 2. The normalized spacial score (nSPS) is 12.8. The maximum Gasteiger partial charge on any atom is 0.136 e. The minimum atomic E-state index is 0.899. The van der Waals surface area contributed by atoms with Crippen molar-refractivity contribution in [2.45, 2.75) is 12.8 Å². The predicted molar refractivity (Wildman–Crippen MR) is 256 cm³/mol. The van der Waals surface area contributed by atoms with Crippen LogP contribution in [0.2, 0.25) is 0 Å². The van der Waals surface area contributed by atoms with Gasteiger partial charge in [0.25, 0.3) is 0 Å². The molecule has 0 unspecified atom stereocenters. The monoisotopic (exact) mass is 781 g/mol. The van der Waals surface area contributed by atoms with Gasteiger partial charge in [0.05, 0.1) is 0 Å². The minimum Gasteiger partial charge on any atom is -0.456 e. The zero-order valence-electron chi connectivity index (χ0n) is 33.4. The van der Waals surface area contributed by atoms with Gasteiger partial charge >= 0.3 is 0 Å². The summed E-state index contributed by atoms with van der Waals surface area (Å²) < 4.78 is 12.5. The molecule has 12 rings (SSSR count). The van der Waals surface area contributed by atoms with E-state index in [-0.39, 0.29) is 0 Å². The molecule has 3 nitrogen and oxygen atoms in total. The summed E-state index contributed by atoms with van der Waals surface area (Å²) >= 11 is 0. The van der Waals surface area contributed by atoms with Gasteiger partial charge in [-0.25, -0.2) is 0 Å². The zero-order valence-corrected chi connectivity index (χ0v) is 33.4. The molecule has 2 aromatic heterocycles.